The fraction of sp³-hybridized carbons (Fsp3) is 0.594. The monoisotopic (exact) mass is 559 g/mol. The van der Waals surface area contributed by atoms with Crippen molar-refractivity contribution in [3.8, 4) is 0 Å². The minimum atomic E-state index is -1.04. The van der Waals surface area contributed by atoms with Crippen LogP contribution in [0.4, 0.5) is 13.6 Å². The molecule has 3 atom stereocenters. The second-order valence-corrected chi connectivity index (χ2v) is 13.3. The Hall–Kier alpha value is -2.55. The number of nitrogens with zero attached hydrogens (tertiary/aromatic N) is 2. The van der Waals surface area contributed by atoms with Gasteiger partial charge in [-0.2, -0.15) is 0 Å². The molecule has 1 aliphatic rings. The van der Waals surface area contributed by atoms with Crippen molar-refractivity contribution in [2.75, 3.05) is 19.6 Å². The van der Waals surface area contributed by atoms with Gasteiger partial charge in [-0.25, -0.2) is 23.6 Å². The number of piperidine rings is 1. The van der Waals surface area contributed by atoms with Gasteiger partial charge in [-0.05, 0) is 81.0 Å². The summed E-state index contributed by atoms with van der Waals surface area (Å²) in [6.45, 7) is 14.6. The third kappa shape index (κ3) is 11.1. The van der Waals surface area contributed by atoms with Gasteiger partial charge < -0.3 is 15.2 Å². The fourth-order valence-electron chi connectivity index (χ4n) is 5.47. The lowest BCUT2D eigenvalue weighted by atomic mass is 9.81. The normalized spacial score (nSPS) is 18.4. The zero-order valence-electron chi connectivity index (χ0n) is 24.9. The predicted octanol–water partition coefficient (Wildman–Crippen LogP) is 6.33. The van der Waals surface area contributed by atoms with E-state index in [1.807, 2.05) is 18.2 Å². The first-order chi connectivity index (χ1) is 18.7. The number of aliphatic hydroxyl groups is 1. The summed E-state index contributed by atoms with van der Waals surface area (Å²) < 4.78 is 33.4. The molecule has 1 amide bonds. The van der Waals surface area contributed by atoms with Crippen LogP contribution in [-0.2, 0) is 17.7 Å². The van der Waals surface area contributed by atoms with E-state index < -0.39 is 35.5 Å². The Kier molecular flexibility index (Phi) is 11.1. The fourth-order valence-corrected chi connectivity index (χ4v) is 5.47. The highest BCUT2D eigenvalue weighted by molar-refractivity contribution is 5.68. The van der Waals surface area contributed by atoms with Crippen molar-refractivity contribution in [2.45, 2.75) is 91.5 Å². The number of hydrazine groups is 1. The van der Waals surface area contributed by atoms with Crippen molar-refractivity contribution in [3.63, 3.8) is 0 Å². The third-order valence-electron chi connectivity index (χ3n) is 6.95. The number of rotatable bonds is 10. The van der Waals surface area contributed by atoms with Crippen molar-refractivity contribution >= 4 is 6.09 Å². The minimum absolute atomic E-state index is 0.0426. The van der Waals surface area contributed by atoms with Crippen LogP contribution in [0.2, 0.25) is 0 Å². The van der Waals surface area contributed by atoms with E-state index in [-0.39, 0.29) is 18.4 Å². The number of halogens is 2. The quantitative estimate of drug-likeness (QED) is 0.356. The van der Waals surface area contributed by atoms with E-state index in [2.05, 4.69) is 48.2 Å². The van der Waals surface area contributed by atoms with Gasteiger partial charge in [-0.1, -0.05) is 51.1 Å². The number of ether oxygens (including phenoxy) is 1. The largest absolute Gasteiger partial charge is 0.444 e. The summed E-state index contributed by atoms with van der Waals surface area (Å²) in [5.41, 5.74) is 0.937. The molecule has 40 heavy (non-hydrogen) atoms. The van der Waals surface area contributed by atoms with Crippen molar-refractivity contribution in [2.24, 2.45) is 11.3 Å². The Morgan fingerprint density at radius 3 is 2.33 bits per heavy atom. The summed E-state index contributed by atoms with van der Waals surface area (Å²) in [6, 6.07) is 12.5. The van der Waals surface area contributed by atoms with E-state index >= 15 is 0 Å². The van der Waals surface area contributed by atoms with E-state index in [0.29, 0.717) is 18.0 Å². The van der Waals surface area contributed by atoms with E-state index in [9.17, 15) is 18.7 Å². The molecule has 0 bridgehead atoms. The van der Waals surface area contributed by atoms with Crippen LogP contribution in [0.25, 0.3) is 0 Å². The van der Waals surface area contributed by atoms with Gasteiger partial charge in [0.25, 0.3) is 0 Å². The zero-order valence-corrected chi connectivity index (χ0v) is 24.9. The molecule has 3 rings (SSSR count). The second kappa shape index (κ2) is 13.9. The number of hydrogen-bond acceptors (Lipinski definition) is 5. The Morgan fingerprint density at radius 2 is 1.73 bits per heavy atom. The number of carbonyl (C=O) groups excluding carboxylic acids is 1. The lowest BCUT2D eigenvalue weighted by Crippen LogP contribution is -2.55. The first kappa shape index (κ1) is 32.0. The molecular weight excluding hydrogens is 512 g/mol. The summed E-state index contributed by atoms with van der Waals surface area (Å²) in [6.07, 6.45) is 1.66. The molecule has 1 heterocycles. The maximum Gasteiger partial charge on any atom is 0.407 e. The van der Waals surface area contributed by atoms with Crippen LogP contribution in [0, 0.1) is 23.0 Å². The molecule has 0 saturated carbocycles. The lowest BCUT2D eigenvalue weighted by molar-refractivity contribution is -0.0913. The Bertz CT molecular complexity index is 1060. The molecule has 2 N–H and O–H groups in total. The first-order valence-electron chi connectivity index (χ1n) is 14.3. The van der Waals surface area contributed by atoms with E-state index in [0.717, 1.165) is 37.6 Å². The van der Waals surface area contributed by atoms with Gasteiger partial charge in [0, 0.05) is 32.2 Å². The molecule has 222 valence electrons. The summed E-state index contributed by atoms with van der Waals surface area (Å²) in [7, 11) is 0. The van der Waals surface area contributed by atoms with Gasteiger partial charge in [0.15, 0.2) is 0 Å². The number of aliphatic hydroxyl groups excluding tert-OH is 1. The maximum absolute atomic E-state index is 14.0. The number of benzene rings is 2. The number of hydrogen-bond donors (Lipinski definition) is 2. The van der Waals surface area contributed by atoms with Gasteiger partial charge in [-0.3, -0.25) is 0 Å². The Labute approximate surface area is 238 Å². The smallest absolute Gasteiger partial charge is 0.407 e. The number of carbonyl (C=O) groups is 1. The van der Waals surface area contributed by atoms with Gasteiger partial charge >= 0.3 is 6.09 Å². The van der Waals surface area contributed by atoms with Crippen LogP contribution >= 0.6 is 0 Å². The van der Waals surface area contributed by atoms with Crippen LogP contribution < -0.4 is 5.32 Å². The average molecular weight is 560 g/mol. The molecule has 2 aromatic carbocycles. The molecule has 0 aliphatic carbocycles. The number of amides is 1. The Morgan fingerprint density at radius 1 is 1.07 bits per heavy atom. The zero-order chi connectivity index (χ0) is 29.5. The topological polar surface area (TPSA) is 65.0 Å². The highest BCUT2D eigenvalue weighted by atomic mass is 19.1. The van der Waals surface area contributed by atoms with E-state index in [1.165, 1.54) is 18.6 Å². The van der Waals surface area contributed by atoms with Crippen LogP contribution in [-0.4, -0.2) is 58.6 Å². The lowest BCUT2D eigenvalue weighted by Gasteiger charge is -2.43. The average Bonchev–Trinajstić information content (AvgIpc) is 2.81. The minimum Gasteiger partial charge on any atom is -0.444 e. The molecule has 0 radical (unpaired) electrons. The van der Waals surface area contributed by atoms with Gasteiger partial charge in [0.05, 0.1) is 12.1 Å². The van der Waals surface area contributed by atoms with Crippen LogP contribution in [0.5, 0.6) is 0 Å². The molecule has 1 saturated heterocycles. The van der Waals surface area contributed by atoms with Crippen LogP contribution in [0.1, 0.15) is 71.9 Å². The van der Waals surface area contributed by atoms with Crippen LogP contribution in [0.3, 0.4) is 0 Å². The predicted molar refractivity (Wildman–Crippen MR) is 154 cm³/mol. The first-order valence-corrected chi connectivity index (χ1v) is 14.3. The summed E-state index contributed by atoms with van der Waals surface area (Å²) in [5, 5.41) is 18.8. The molecular formula is C32H47F2N3O3. The summed E-state index contributed by atoms with van der Waals surface area (Å²) >= 11 is 0. The van der Waals surface area contributed by atoms with Gasteiger partial charge in [0.2, 0.25) is 0 Å². The van der Waals surface area contributed by atoms with Crippen molar-refractivity contribution in [1.82, 2.24) is 15.3 Å². The molecule has 8 heteroatoms. The SMILES string of the molecule is CC(C)(C)CC1CCCN(N(Cc2ccccc2)CC(O)C(Cc2cc(F)cc(F)c2)NC(=O)OC(C)(C)C)C1. The standard InChI is InChI=1S/C32H47F2N3O3/c1-31(2,3)19-24-13-10-14-36(21-24)37(20-23-11-8-7-9-12-23)22-29(38)28(35-30(39)40-32(4,5)6)17-25-15-26(33)18-27(34)16-25/h7-9,11-12,15-16,18,24,28-29,38H,10,13-14,17,19-22H2,1-6H3,(H,35,39). The highest BCUT2D eigenvalue weighted by Crippen LogP contribution is 2.31. The molecule has 2 aromatic rings. The molecule has 3 unspecified atom stereocenters. The molecule has 0 spiro atoms. The molecule has 1 fully saturated rings. The number of nitrogens with one attached hydrogen (secondary N) is 1. The van der Waals surface area contributed by atoms with Crippen molar-refractivity contribution in [1.29, 1.82) is 0 Å². The molecule has 6 nitrogen and oxygen atoms in total. The maximum atomic E-state index is 14.0. The number of alkyl carbamates (subject to hydrolysis) is 1. The van der Waals surface area contributed by atoms with Gasteiger partial charge in [0.1, 0.15) is 17.2 Å². The summed E-state index contributed by atoms with van der Waals surface area (Å²) in [4.78, 5) is 12.7. The summed E-state index contributed by atoms with van der Waals surface area (Å²) in [5.74, 6) is -0.871. The second-order valence-electron chi connectivity index (χ2n) is 13.3. The molecule has 0 aromatic heterocycles. The molecule has 1 aliphatic heterocycles. The van der Waals surface area contributed by atoms with Gasteiger partial charge in [-0.15, -0.1) is 0 Å². The van der Waals surface area contributed by atoms with Crippen LogP contribution in [0.15, 0.2) is 48.5 Å². The highest BCUT2D eigenvalue weighted by Gasteiger charge is 2.32. The van der Waals surface area contributed by atoms with Crippen molar-refractivity contribution in [3.05, 3.63) is 71.3 Å². The Balaban J connectivity index is 1.84. The van der Waals surface area contributed by atoms with E-state index in [4.69, 9.17) is 4.74 Å². The van der Waals surface area contributed by atoms with E-state index in [1.54, 1.807) is 20.8 Å². The third-order valence-corrected chi connectivity index (χ3v) is 6.95. The van der Waals surface area contributed by atoms with Crippen molar-refractivity contribution < 1.29 is 23.4 Å².